The highest BCUT2D eigenvalue weighted by atomic mass is 32.1. The number of carbonyl (C=O) groups excluding carboxylic acids is 1. The van der Waals surface area contributed by atoms with Crippen molar-refractivity contribution < 1.29 is 4.79 Å². The molecule has 0 aliphatic carbocycles. The first-order chi connectivity index (χ1) is 8.11. The molecular weight excluding hydrogens is 232 g/mol. The maximum Gasteiger partial charge on any atom is 0.236 e. The lowest BCUT2D eigenvalue weighted by Crippen LogP contribution is -2.42. The summed E-state index contributed by atoms with van der Waals surface area (Å²) in [5.74, 6) is -0.388. The van der Waals surface area contributed by atoms with Gasteiger partial charge in [-0.3, -0.25) is 4.79 Å². The van der Waals surface area contributed by atoms with E-state index in [1.165, 1.54) is 5.56 Å². The summed E-state index contributed by atoms with van der Waals surface area (Å²) in [5, 5.41) is 0. The van der Waals surface area contributed by atoms with Gasteiger partial charge in [0.05, 0.1) is 10.9 Å². The van der Waals surface area contributed by atoms with Crippen molar-refractivity contribution in [2.75, 3.05) is 11.4 Å². The van der Waals surface area contributed by atoms with Crippen molar-refractivity contribution in [3.05, 3.63) is 29.8 Å². The van der Waals surface area contributed by atoms with Crippen molar-refractivity contribution in [1.29, 1.82) is 0 Å². The maximum atomic E-state index is 12.3. The number of para-hydroxylation sites is 1. The SMILES string of the molecule is CC(C(=O)N1CCCc2ccccc21)C(N)=S. The van der Waals surface area contributed by atoms with Gasteiger partial charge in [0.2, 0.25) is 5.91 Å². The van der Waals surface area contributed by atoms with E-state index in [0.717, 1.165) is 25.1 Å². The fourth-order valence-electron chi connectivity index (χ4n) is 2.12. The van der Waals surface area contributed by atoms with Gasteiger partial charge in [0.15, 0.2) is 0 Å². The van der Waals surface area contributed by atoms with Crippen LogP contribution in [-0.2, 0) is 11.2 Å². The number of hydrogen-bond acceptors (Lipinski definition) is 2. The van der Waals surface area contributed by atoms with E-state index in [1.807, 2.05) is 23.1 Å². The Labute approximate surface area is 107 Å². The Morgan fingerprint density at radius 2 is 2.18 bits per heavy atom. The van der Waals surface area contributed by atoms with Gasteiger partial charge < -0.3 is 10.6 Å². The Morgan fingerprint density at radius 1 is 1.47 bits per heavy atom. The van der Waals surface area contributed by atoms with Crippen LogP contribution in [0.3, 0.4) is 0 Å². The minimum Gasteiger partial charge on any atom is -0.393 e. The van der Waals surface area contributed by atoms with Crippen LogP contribution in [0.15, 0.2) is 24.3 Å². The molecule has 1 aromatic carbocycles. The summed E-state index contributed by atoms with van der Waals surface area (Å²) in [4.78, 5) is 14.3. The Bertz CT molecular complexity index is 458. The number of thiocarbonyl (C=S) groups is 1. The minimum atomic E-state index is -0.392. The predicted molar refractivity (Wildman–Crippen MR) is 73.1 cm³/mol. The van der Waals surface area contributed by atoms with E-state index in [9.17, 15) is 4.79 Å². The monoisotopic (exact) mass is 248 g/mol. The lowest BCUT2D eigenvalue weighted by molar-refractivity contribution is -0.120. The fraction of sp³-hybridized carbons (Fsp3) is 0.385. The summed E-state index contributed by atoms with van der Waals surface area (Å²) in [6, 6.07) is 8.01. The molecule has 1 heterocycles. The van der Waals surface area contributed by atoms with E-state index < -0.39 is 5.92 Å². The first-order valence-corrected chi connectivity index (χ1v) is 6.20. The molecule has 90 valence electrons. The molecule has 4 heteroatoms. The fourth-order valence-corrected chi connectivity index (χ4v) is 2.22. The van der Waals surface area contributed by atoms with Crippen LogP contribution in [0.2, 0.25) is 0 Å². The van der Waals surface area contributed by atoms with Gasteiger partial charge in [-0.05, 0) is 31.4 Å². The number of hydrogen-bond donors (Lipinski definition) is 1. The molecule has 0 aromatic heterocycles. The standard InChI is InChI=1S/C13H16N2OS/c1-9(12(14)17)13(16)15-8-4-6-10-5-2-3-7-11(10)15/h2-3,5,7,9H,4,6,8H2,1H3,(H2,14,17). The third-order valence-electron chi connectivity index (χ3n) is 3.17. The average Bonchev–Trinajstić information content (AvgIpc) is 2.36. The first kappa shape index (κ1) is 12.0. The molecule has 3 nitrogen and oxygen atoms in total. The molecule has 0 saturated carbocycles. The van der Waals surface area contributed by atoms with Crippen LogP contribution in [0.1, 0.15) is 18.9 Å². The van der Waals surface area contributed by atoms with Crippen molar-refractivity contribution in [3.63, 3.8) is 0 Å². The van der Waals surface area contributed by atoms with Gasteiger partial charge in [0.25, 0.3) is 0 Å². The quantitative estimate of drug-likeness (QED) is 0.813. The lowest BCUT2D eigenvalue weighted by atomic mass is 10.00. The van der Waals surface area contributed by atoms with Crippen molar-refractivity contribution in [3.8, 4) is 0 Å². The van der Waals surface area contributed by atoms with Gasteiger partial charge >= 0.3 is 0 Å². The number of aryl methyl sites for hydroxylation is 1. The van der Waals surface area contributed by atoms with Crippen LogP contribution in [-0.4, -0.2) is 17.4 Å². The number of anilines is 1. The minimum absolute atomic E-state index is 0.00431. The van der Waals surface area contributed by atoms with Crippen molar-refractivity contribution in [2.24, 2.45) is 11.7 Å². The van der Waals surface area contributed by atoms with E-state index in [0.29, 0.717) is 0 Å². The lowest BCUT2D eigenvalue weighted by Gasteiger charge is -2.31. The van der Waals surface area contributed by atoms with E-state index >= 15 is 0 Å². The number of nitrogens with zero attached hydrogens (tertiary/aromatic N) is 1. The zero-order chi connectivity index (χ0) is 12.4. The van der Waals surface area contributed by atoms with Crippen LogP contribution >= 0.6 is 12.2 Å². The van der Waals surface area contributed by atoms with Gasteiger partial charge in [-0.15, -0.1) is 0 Å². The summed E-state index contributed by atoms with van der Waals surface area (Å²) >= 11 is 4.89. The average molecular weight is 248 g/mol. The van der Waals surface area contributed by atoms with Gasteiger partial charge in [-0.2, -0.15) is 0 Å². The summed E-state index contributed by atoms with van der Waals surface area (Å²) in [6.07, 6.45) is 2.02. The van der Waals surface area contributed by atoms with Crippen molar-refractivity contribution in [2.45, 2.75) is 19.8 Å². The maximum absolute atomic E-state index is 12.3. The molecule has 0 saturated heterocycles. The highest BCUT2D eigenvalue weighted by Gasteiger charge is 2.27. The summed E-state index contributed by atoms with van der Waals surface area (Å²) in [5.41, 5.74) is 7.78. The number of fused-ring (bicyclic) bond motifs is 1. The third kappa shape index (κ3) is 2.31. The molecule has 0 fully saturated rings. The van der Waals surface area contributed by atoms with Crippen molar-refractivity contribution in [1.82, 2.24) is 0 Å². The Kier molecular flexibility index (Phi) is 3.43. The van der Waals surface area contributed by atoms with E-state index in [4.69, 9.17) is 18.0 Å². The van der Waals surface area contributed by atoms with Gasteiger partial charge in [-0.1, -0.05) is 30.4 Å². The molecule has 2 N–H and O–H groups in total. The highest BCUT2D eigenvalue weighted by molar-refractivity contribution is 7.80. The van der Waals surface area contributed by atoms with Gasteiger partial charge in [0, 0.05) is 12.2 Å². The van der Waals surface area contributed by atoms with Crippen LogP contribution in [0.25, 0.3) is 0 Å². The normalized spacial score (nSPS) is 16.2. The molecular formula is C13H16N2OS. The van der Waals surface area contributed by atoms with E-state index in [-0.39, 0.29) is 10.9 Å². The number of benzene rings is 1. The van der Waals surface area contributed by atoms with Crippen LogP contribution in [0.4, 0.5) is 5.69 Å². The van der Waals surface area contributed by atoms with Crippen molar-refractivity contribution >= 4 is 28.8 Å². The second kappa shape index (κ2) is 4.84. The highest BCUT2D eigenvalue weighted by Crippen LogP contribution is 2.27. The molecule has 0 bridgehead atoms. The second-order valence-electron chi connectivity index (χ2n) is 4.35. The summed E-state index contributed by atoms with van der Waals surface area (Å²) < 4.78 is 0. The number of rotatable bonds is 2. The molecule has 1 aromatic rings. The molecule has 2 rings (SSSR count). The van der Waals surface area contributed by atoms with Gasteiger partial charge in [-0.25, -0.2) is 0 Å². The molecule has 0 spiro atoms. The number of carbonyl (C=O) groups is 1. The molecule has 1 aliphatic rings. The molecule has 1 aliphatic heterocycles. The Hall–Kier alpha value is -1.42. The Balaban J connectivity index is 2.30. The largest absolute Gasteiger partial charge is 0.393 e. The van der Waals surface area contributed by atoms with Crippen LogP contribution in [0.5, 0.6) is 0 Å². The summed E-state index contributed by atoms with van der Waals surface area (Å²) in [7, 11) is 0. The zero-order valence-corrected chi connectivity index (χ0v) is 10.7. The molecule has 0 radical (unpaired) electrons. The van der Waals surface area contributed by atoms with Gasteiger partial charge in [0.1, 0.15) is 0 Å². The smallest absolute Gasteiger partial charge is 0.236 e. The zero-order valence-electron chi connectivity index (χ0n) is 9.85. The molecule has 17 heavy (non-hydrogen) atoms. The topological polar surface area (TPSA) is 46.3 Å². The number of amides is 1. The summed E-state index contributed by atoms with van der Waals surface area (Å²) in [6.45, 7) is 2.52. The van der Waals surface area contributed by atoms with E-state index in [2.05, 4.69) is 6.07 Å². The third-order valence-corrected chi connectivity index (χ3v) is 3.53. The first-order valence-electron chi connectivity index (χ1n) is 5.80. The molecule has 1 amide bonds. The predicted octanol–water partition coefficient (Wildman–Crippen LogP) is 1.89. The Morgan fingerprint density at radius 3 is 2.88 bits per heavy atom. The second-order valence-corrected chi connectivity index (χ2v) is 4.82. The van der Waals surface area contributed by atoms with E-state index in [1.54, 1.807) is 6.92 Å². The molecule has 1 atom stereocenters. The van der Waals surface area contributed by atoms with Crippen LogP contribution < -0.4 is 10.6 Å². The number of nitrogens with two attached hydrogens (primary N) is 1. The molecule has 1 unspecified atom stereocenters. The van der Waals surface area contributed by atoms with Crippen LogP contribution in [0, 0.1) is 5.92 Å².